The maximum atomic E-state index is 13.0. The first-order valence-corrected chi connectivity index (χ1v) is 9.94. The zero-order chi connectivity index (χ0) is 25.8. The molecule has 1 amide bonds. The molecule has 0 bridgehead atoms. The third-order valence-corrected chi connectivity index (χ3v) is 3.83. The van der Waals surface area contributed by atoms with Gasteiger partial charge in [-0.25, -0.2) is 4.98 Å². The second-order valence-corrected chi connectivity index (χ2v) is 6.83. The summed E-state index contributed by atoms with van der Waals surface area (Å²) in [5.74, 6) is -5.35. The smallest absolute Gasteiger partial charge is 0.303 e. The van der Waals surface area contributed by atoms with Crippen LogP contribution in [0.15, 0.2) is 24.4 Å². The SMILES string of the molecule is CC(=O)OCC(OC(C)=O)C(OC(C)=O)C(OC(C)=O)C(OC(C)=O)C(=O)Nc1ccccn1. The Morgan fingerprint density at radius 2 is 1.32 bits per heavy atom. The topological polar surface area (TPSA) is 173 Å². The van der Waals surface area contributed by atoms with Crippen molar-refractivity contribution in [2.24, 2.45) is 0 Å². The lowest BCUT2D eigenvalue weighted by atomic mass is 10.0. The largest absolute Gasteiger partial charge is 0.462 e. The van der Waals surface area contributed by atoms with Gasteiger partial charge < -0.3 is 29.0 Å². The van der Waals surface area contributed by atoms with E-state index in [1.165, 1.54) is 12.3 Å². The van der Waals surface area contributed by atoms with Crippen LogP contribution in [-0.2, 0) is 52.5 Å². The van der Waals surface area contributed by atoms with Crippen LogP contribution < -0.4 is 5.32 Å². The maximum absolute atomic E-state index is 13.0. The lowest BCUT2D eigenvalue weighted by molar-refractivity contribution is -0.202. The van der Waals surface area contributed by atoms with Crippen LogP contribution in [0, 0.1) is 0 Å². The second-order valence-electron chi connectivity index (χ2n) is 6.83. The molecule has 0 radical (unpaired) electrons. The van der Waals surface area contributed by atoms with Crippen molar-refractivity contribution in [2.45, 2.75) is 59.0 Å². The van der Waals surface area contributed by atoms with Gasteiger partial charge in [-0.1, -0.05) is 6.07 Å². The van der Waals surface area contributed by atoms with E-state index >= 15 is 0 Å². The summed E-state index contributed by atoms with van der Waals surface area (Å²) < 4.78 is 25.5. The fraction of sp³-hybridized carbons (Fsp3) is 0.476. The molecule has 4 unspecified atom stereocenters. The molecule has 0 fully saturated rings. The lowest BCUT2D eigenvalue weighted by Gasteiger charge is -2.34. The summed E-state index contributed by atoms with van der Waals surface area (Å²) in [5, 5.41) is 2.39. The number of ether oxygens (including phenoxy) is 5. The molecule has 0 aliphatic heterocycles. The van der Waals surface area contributed by atoms with E-state index in [1.807, 2.05) is 0 Å². The average Bonchev–Trinajstić information content (AvgIpc) is 2.72. The fourth-order valence-corrected chi connectivity index (χ4v) is 2.73. The molecule has 0 saturated carbocycles. The first-order valence-electron chi connectivity index (χ1n) is 9.94. The Morgan fingerprint density at radius 1 is 0.765 bits per heavy atom. The van der Waals surface area contributed by atoms with Gasteiger partial charge in [0.25, 0.3) is 5.91 Å². The van der Waals surface area contributed by atoms with Crippen LogP contribution in [0.4, 0.5) is 5.82 Å². The van der Waals surface area contributed by atoms with Gasteiger partial charge in [0.15, 0.2) is 18.3 Å². The molecule has 1 aromatic rings. The fourth-order valence-electron chi connectivity index (χ4n) is 2.73. The van der Waals surface area contributed by atoms with E-state index in [9.17, 15) is 28.8 Å². The van der Waals surface area contributed by atoms with Crippen LogP contribution in [-0.4, -0.2) is 71.8 Å². The number of nitrogens with one attached hydrogen (secondary N) is 1. The third kappa shape index (κ3) is 10.1. The van der Waals surface area contributed by atoms with E-state index in [-0.39, 0.29) is 5.82 Å². The van der Waals surface area contributed by atoms with Gasteiger partial charge in [-0.2, -0.15) is 0 Å². The molecule has 13 heteroatoms. The molecule has 1 heterocycles. The number of carbonyl (C=O) groups excluding carboxylic acids is 6. The first kappa shape index (κ1) is 28.0. The summed E-state index contributed by atoms with van der Waals surface area (Å²) in [6.45, 7) is 4.48. The minimum atomic E-state index is -1.89. The normalized spacial score (nSPS) is 13.8. The Morgan fingerprint density at radius 3 is 1.79 bits per heavy atom. The Kier molecular flexibility index (Phi) is 11.1. The quantitative estimate of drug-likeness (QED) is 0.338. The minimum Gasteiger partial charge on any atom is -0.462 e. The third-order valence-electron chi connectivity index (χ3n) is 3.83. The van der Waals surface area contributed by atoms with Crippen molar-refractivity contribution >= 4 is 41.6 Å². The van der Waals surface area contributed by atoms with Crippen molar-refractivity contribution in [1.29, 1.82) is 0 Å². The molecule has 186 valence electrons. The zero-order valence-corrected chi connectivity index (χ0v) is 19.3. The summed E-state index contributed by atoms with van der Waals surface area (Å²) in [6, 6.07) is 4.61. The van der Waals surface area contributed by atoms with E-state index in [0.717, 1.165) is 34.6 Å². The molecule has 1 N–H and O–H groups in total. The van der Waals surface area contributed by atoms with Gasteiger partial charge in [0, 0.05) is 40.8 Å². The van der Waals surface area contributed by atoms with Gasteiger partial charge in [0.05, 0.1) is 0 Å². The predicted octanol–water partition coefficient (Wildman–Crippen LogP) is 0.310. The number of amides is 1. The molecule has 4 atom stereocenters. The van der Waals surface area contributed by atoms with E-state index in [1.54, 1.807) is 12.1 Å². The van der Waals surface area contributed by atoms with Crippen molar-refractivity contribution in [3.8, 4) is 0 Å². The van der Waals surface area contributed by atoms with Crippen LogP contribution in [0.1, 0.15) is 34.6 Å². The number of nitrogens with zero attached hydrogens (tertiary/aromatic N) is 1. The molecule has 13 nitrogen and oxygen atoms in total. The van der Waals surface area contributed by atoms with Gasteiger partial charge in [0.1, 0.15) is 12.4 Å². The molecule has 1 aromatic heterocycles. The highest BCUT2D eigenvalue weighted by atomic mass is 16.6. The van der Waals surface area contributed by atoms with Crippen molar-refractivity contribution in [3.63, 3.8) is 0 Å². The van der Waals surface area contributed by atoms with Gasteiger partial charge in [-0.05, 0) is 12.1 Å². The maximum Gasteiger partial charge on any atom is 0.303 e. The van der Waals surface area contributed by atoms with E-state index < -0.39 is 66.8 Å². The lowest BCUT2D eigenvalue weighted by Crippen LogP contribution is -2.56. The Balaban J connectivity index is 3.50. The number of rotatable bonds is 11. The molecule has 0 spiro atoms. The molecule has 0 aliphatic rings. The van der Waals surface area contributed by atoms with Crippen LogP contribution >= 0.6 is 0 Å². The standard InChI is InChI=1S/C21H26N2O11/c1-11(24)30-10-16(31-12(2)25)18(32-13(3)26)19(33-14(4)27)20(34-15(5)28)21(29)23-17-8-6-7-9-22-17/h6-9,16,18-20H,10H2,1-5H3,(H,22,23,29). The van der Waals surface area contributed by atoms with Gasteiger partial charge in [-0.15, -0.1) is 0 Å². The number of esters is 5. The summed E-state index contributed by atoms with van der Waals surface area (Å²) >= 11 is 0. The molecule has 1 rings (SSSR count). The van der Waals surface area contributed by atoms with E-state index in [2.05, 4.69) is 10.3 Å². The van der Waals surface area contributed by atoms with E-state index in [0.29, 0.717) is 0 Å². The number of hydrogen-bond acceptors (Lipinski definition) is 12. The first-order chi connectivity index (χ1) is 15.9. The molecule has 0 saturated heterocycles. The van der Waals surface area contributed by atoms with Crippen molar-refractivity contribution in [2.75, 3.05) is 11.9 Å². The zero-order valence-electron chi connectivity index (χ0n) is 19.3. The number of aromatic nitrogens is 1. The van der Waals surface area contributed by atoms with Gasteiger partial charge >= 0.3 is 29.8 Å². The predicted molar refractivity (Wildman–Crippen MR) is 112 cm³/mol. The van der Waals surface area contributed by atoms with Crippen LogP contribution in [0.2, 0.25) is 0 Å². The number of hydrogen-bond donors (Lipinski definition) is 1. The Bertz CT molecular complexity index is 903. The summed E-state index contributed by atoms with van der Waals surface area (Å²) in [6.07, 6.45) is -5.56. The van der Waals surface area contributed by atoms with Gasteiger partial charge in [-0.3, -0.25) is 28.8 Å². The van der Waals surface area contributed by atoms with Gasteiger partial charge in [0.2, 0.25) is 6.10 Å². The molecule has 0 aliphatic carbocycles. The highest BCUT2D eigenvalue weighted by molar-refractivity contribution is 5.95. The highest BCUT2D eigenvalue weighted by Crippen LogP contribution is 2.21. The Labute approximate surface area is 195 Å². The molecular formula is C21H26N2O11. The number of anilines is 1. The summed E-state index contributed by atoms with van der Waals surface area (Å²) in [7, 11) is 0. The van der Waals surface area contributed by atoms with Crippen molar-refractivity contribution < 1.29 is 52.5 Å². The van der Waals surface area contributed by atoms with Crippen LogP contribution in [0.25, 0.3) is 0 Å². The molecule has 0 aromatic carbocycles. The second kappa shape index (κ2) is 13.5. The van der Waals surface area contributed by atoms with Crippen LogP contribution in [0.3, 0.4) is 0 Å². The molecular weight excluding hydrogens is 456 g/mol. The minimum absolute atomic E-state index is 0.0757. The average molecular weight is 482 g/mol. The Hall–Kier alpha value is -4.03. The summed E-state index contributed by atoms with van der Waals surface area (Å²) in [4.78, 5) is 75.5. The van der Waals surface area contributed by atoms with Crippen molar-refractivity contribution in [3.05, 3.63) is 24.4 Å². The van der Waals surface area contributed by atoms with E-state index in [4.69, 9.17) is 23.7 Å². The van der Waals surface area contributed by atoms with Crippen molar-refractivity contribution in [1.82, 2.24) is 4.98 Å². The molecule has 34 heavy (non-hydrogen) atoms. The summed E-state index contributed by atoms with van der Waals surface area (Å²) in [5.41, 5.74) is 0. The highest BCUT2D eigenvalue weighted by Gasteiger charge is 2.47. The number of pyridine rings is 1. The van der Waals surface area contributed by atoms with Crippen LogP contribution in [0.5, 0.6) is 0 Å². The number of carbonyl (C=O) groups is 6. The monoisotopic (exact) mass is 482 g/mol.